The Hall–Kier alpha value is -0.610. The molecule has 4 nitrogen and oxygen atoms in total. The summed E-state index contributed by atoms with van der Waals surface area (Å²) in [4.78, 5) is 15.8. The first-order valence-electron chi connectivity index (χ1n) is 10.7. The van der Waals surface area contributed by atoms with Gasteiger partial charge in [0.2, 0.25) is 0 Å². The van der Waals surface area contributed by atoms with Crippen molar-refractivity contribution in [2.75, 3.05) is 6.54 Å². The smallest absolute Gasteiger partial charge is 0.257 e. The molecule has 2 aliphatic rings. The van der Waals surface area contributed by atoms with Gasteiger partial charge in [-0.1, -0.05) is 40.0 Å². The fourth-order valence-electron chi connectivity index (χ4n) is 5.64. The van der Waals surface area contributed by atoms with E-state index in [2.05, 4.69) is 65.6 Å². The van der Waals surface area contributed by atoms with Gasteiger partial charge in [0, 0.05) is 30.5 Å². The Kier molecular flexibility index (Phi) is 6.19. The molecule has 2 aliphatic heterocycles. The van der Waals surface area contributed by atoms with Crippen molar-refractivity contribution >= 4 is 5.91 Å². The van der Waals surface area contributed by atoms with Crippen LogP contribution in [0.15, 0.2) is 0 Å². The third-order valence-electron chi connectivity index (χ3n) is 5.78. The zero-order valence-electron chi connectivity index (χ0n) is 18.5. The number of nitrogens with zero attached hydrogens (tertiary/aromatic N) is 1. The van der Waals surface area contributed by atoms with Crippen LogP contribution in [0.3, 0.4) is 0 Å². The maximum atomic E-state index is 13.7. The van der Waals surface area contributed by atoms with E-state index in [4.69, 9.17) is 4.74 Å². The molecule has 0 radical (unpaired) electrons. The summed E-state index contributed by atoms with van der Waals surface area (Å²) >= 11 is 0. The highest BCUT2D eigenvalue weighted by molar-refractivity contribution is 5.88. The lowest BCUT2D eigenvalue weighted by molar-refractivity contribution is -0.168. The predicted molar refractivity (Wildman–Crippen MR) is 108 cm³/mol. The van der Waals surface area contributed by atoms with E-state index in [1.807, 2.05) is 0 Å². The maximum Gasteiger partial charge on any atom is 0.257 e. The summed E-state index contributed by atoms with van der Waals surface area (Å²) < 4.78 is 6.78. The van der Waals surface area contributed by atoms with Crippen LogP contribution in [0.25, 0.3) is 0 Å². The van der Waals surface area contributed by atoms with Crippen LogP contribution in [0.1, 0.15) is 100 Å². The second kappa shape index (κ2) is 7.43. The highest BCUT2D eigenvalue weighted by Crippen LogP contribution is 2.49. The standard InChI is InChI=1S/C22H42N2O2/c1-9-10-11-12-13-24-18(25)22(26-21(24,8)14-17(2)3)15-19(4,5)23-20(6,7)16-22/h17,23H,9-16H2,1-8H3. The average Bonchev–Trinajstić information content (AvgIpc) is 2.58. The molecule has 4 heteroatoms. The average molecular weight is 367 g/mol. The number of carbonyl (C=O) groups is 1. The molecule has 1 N–H and O–H groups in total. The quantitative estimate of drug-likeness (QED) is 0.654. The van der Waals surface area contributed by atoms with E-state index < -0.39 is 11.3 Å². The largest absolute Gasteiger partial charge is 0.339 e. The minimum Gasteiger partial charge on any atom is -0.339 e. The molecule has 1 amide bonds. The van der Waals surface area contributed by atoms with Gasteiger partial charge in [0.1, 0.15) is 5.72 Å². The lowest BCUT2D eigenvalue weighted by Gasteiger charge is -2.50. The van der Waals surface area contributed by atoms with Crippen molar-refractivity contribution in [1.82, 2.24) is 10.2 Å². The van der Waals surface area contributed by atoms with Crippen LogP contribution in [-0.4, -0.2) is 39.8 Å². The van der Waals surface area contributed by atoms with Gasteiger partial charge in [-0.25, -0.2) is 0 Å². The van der Waals surface area contributed by atoms with Crippen molar-refractivity contribution in [2.24, 2.45) is 5.92 Å². The molecule has 152 valence electrons. The Bertz CT molecular complexity index is 496. The minimum absolute atomic E-state index is 0.117. The Morgan fingerprint density at radius 1 is 1.04 bits per heavy atom. The summed E-state index contributed by atoms with van der Waals surface area (Å²) in [6, 6.07) is 0. The lowest BCUT2D eigenvalue weighted by atomic mass is 9.72. The molecular weight excluding hydrogens is 324 g/mol. The Morgan fingerprint density at radius 2 is 1.62 bits per heavy atom. The molecule has 2 rings (SSSR count). The van der Waals surface area contributed by atoms with E-state index in [1.54, 1.807) is 0 Å². The number of ether oxygens (including phenoxy) is 1. The lowest BCUT2D eigenvalue weighted by Crippen LogP contribution is -2.65. The molecule has 0 bridgehead atoms. The molecule has 2 fully saturated rings. The van der Waals surface area contributed by atoms with Crippen LogP contribution < -0.4 is 5.32 Å². The summed E-state index contributed by atoms with van der Waals surface area (Å²) in [5.74, 6) is 0.712. The first-order chi connectivity index (χ1) is 11.8. The van der Waals surface area contributed by atoms with Gasteiger partial charge in [-0.05, 0) is 53.4 Å². The molecule has 26 heavy (non-hydrogen) atoms. The highest BCUT2D eigenvalue weighted by Gasteiger charge is 2.63. The van der Waals surface area contributed by atoms with Crippen molar-refractivity contribution in [3.8, 4) is 0 Å². The molecule has 0 aliphatic carbocycles. The maximum absolute atomic E-state index is 13.7. The Morgan fingerprint density at radius 3 is 2.12 bits per heavy atom. The van der Waals surface area contributed by atoms with Crippen molar-refractivity contribution in [1.29, 1.82) is 0 Å². The van der Waals surface area contributed by atoms with Crippen LogP contribution in [-0.2, 0) is 9.53 Å². The van der Waals surface area contributed by atoms with Crippen molar-refractivity contribution < 1.29 is 9.53 Å². The van der Waals surface area contributed by atoms with Crippen molar-refractivity contribution in [3.63, 3.8) is 0 Å². The molecule has 2 saturated heterocycles. The van der Waals surface area contributed by atoms with Gasteiger partial charge in [0.25, 0.3) is 5.91 Å². The van der Waals surface area contributed by atoms with Crippen LogP contribution in [0.2, 0.25) is 0 Å². The Balaban J connectivity index is 2.30. The summed E-state index contributed by atoms with van der Waals surface area (Å²) in [6.07, 6.45) is 7.07. The highest BCUT2D eigenvalue weighted by atomic mass is 16.6. The van der Waals surface area contributed by atoms with E-state index >= 15 is 0 Å². The number of hydrogen-bond donors (Lipinski definition) is 1. The van der Waals surface area contributed by atoms with Crippen molar-refractivity contribution in [2.45, 2.75) is 123 Å². The summed E-state index contributed by atoms with van der Waals surface area (Å²) in [6.45, 7) is 18.4. The van der Waals surface area contributed by atoms with Crippen LogP contribution >= 0.6 is 0 Å². The van der Waals surface area contributed by atoms with E-state index in [9.17, 15) is 4.79 Å². The molecule has 1 unspecified atom stereocenters. The number of piperidine rings is 1. The molecule has 0 aromatic rings. The molecule has 2 heterocycles. The first kappa shape index (κ1) is 21.7. The molecule has 1 atom stereocenters. The Labute approximate surface area is 161 Å². The number of carbonyl (C=O) groups excluding carboxylic acids is 1. The SMILES string of the molecule is CCCCCCN1C(=O)C2(CC(C)(C)NC(C)(C)C2)OC1(C)CC(C)C. The van der Waals surface area contributed by atoms with E-state index in [0.29, 0.717) is 5.92 Å². The van der Waals surface area contributed by atoms with E-state index in [0.717, 1.165) is 32.2 Å². The van der Waals surface area contributed by atoms with Gasteiger partial charge in [-0.2, -0.15) is 0 Å². The molecule has 0 aromatic heterocycles. The van der Waals surface area contributed by atoms with E-state index in [1.165, 1.54) is 19.3 Å². The fourth-order valence-corrected chi connectivity index (χ4v) is 5.64. The summed E-state index contributed by atoms with van der Waals surface area (Å²) in [5.41, 5.74) is -1.41. The van der Waals surface area contributed by atoms with Crippen molar-refractivity contribution in [3.05, 3.63) is 0 Å². The van der Waals surface area contributed by atoms with Crippen LogP contribution in [0, 0.1) is 5.92 Å². The van der Waals surface area contributed by atoms with Crippen LogP contribution in [0.4, 0.5) is 0 Å². The minimum atomic E-state index is -0.688. The number of hydrogen-bond acceptors (Lipinski definition) is 3. The van der Waals surface area contributed by atoms with Gasteiger partial charge >= 0.3 is 0 Å². The van der Waals surface area contributed by atoms with Gasteiger partial charge in [0.05, 0.1) is 0 Å². The molecule has 0 saturated carbocycles. The van der Waals surface area contributed by atoms with E-state index in [-0.39, 0.29) is 17.0 Å². The number of unbranched alkanes of at least 4 members (excludes halogenated alkanes) is 3. The second-order valence-electron chi connectivity index (χ2n) is 10.6. The van der Waals surface area contributed by atoms with Gasteiger partial charge < -0.3 is 15.0 Å². The third-order valence-corrected chi connectivity index (χ3v) is 5.78. The monoisotopic (exact) mass is 366 g/mol. The second-order valence-corrected chi connectivity index (χ2v) is 10.6. The fraction of sp³-hybridized carbons (Fsp3) is 0.955. The number of rotatable bonds is 7. The number of amides is 1. The summed E-state index contributed by atoms with van der Waals surface area (Å²) in [7, 11) is 0. The van der Waals surface area contributed by atoms with Crippen LogP contribution in [0.5, 0.6) is 0 Å². The molecular formula is C22H42N2O2. The van der Waals surface area contributed by atoms with Gasteiger partial charge in [-0.15, -0.1) is 0 Å². The topological polar surface area (TPSA) is 41.6 Å². The molecule has 1 spiro atoms. The van der Waals surface area contributed by atoms with Gasteiger partial charge in [-0.3, -0.25) is 4.79 Å². The molecule has 0 aromatic carbocycles. The first-order valence-corrected chi connectivity index (χ1v) is 10.7. The zero-order chi connectivity index (χ0) is 19.8. The zero-order valence-corrected chi connectivity index (χ0v) is 18.5. The van der Waals surface area contributed by atoms with Gasteiger partial charge in [0.15, 0.2) is 5.60 Å². The summed E-state index contributed by atoms with van der Waals surface area (Å²) in [5, 5.41) is 3.70. The normalized spacial score (nSPS) is 29.7. The third kappa shape index (κ3) is 4.62. The predicted octanol–water partition coefficient (Wildman–Crippen LogP) is 4.87. The number of nitrogens with one attached hydrogen (secondary N) is 1.